The standard InChI is InChI=1S/C36H20N6/c37-17-23-15-27(21-39-19-23)25-9-11-26(12-10-25)35-29-5-1-3-7-31(29)36(32-8-4-2-6-30(32)35)34-14-13-33(41-42-34)28-16-24(18-38)20-40-22-28/h1-16,19-22H. The number of fused-ring (bicyclic) bond motifs is 2. The van der Waals surface area contributed by atoms with Crippen LogP contribution in [0.2, 0.25) is 0 Å². The normalized spacial score (nSPS) is 10.8. The van der Waals surface area contributed by atoms with E-state index in [2.05, 4.69) is 93.0 Å². The first-order chi connectivity index (χ1) is 20.7. The first-order valence-corrected chi connectivity index (χ1v) is 13.3. The smallest absolute Gasteiger partial charge is 0.101 e. The zero-order valence-corrected chi connectivity index (χ0v) is 22.2. The molecular weight excluding hydrogens is 516 g/mol. The van der Waals surface area contributed by atoms with E-state index < -0.39 is 0 Å². The average molecular weight is 537 g/mol. The summed E-state index contributed by atoms with van der Waals surface area (Å²) in [6, 6.07) is 37.0. The largest absolute Gasteiger partial charge is 0.263 e. The monoisotopic (exact) mass is 536 g/mol. The molecule has 6 heteroatoms. The second-order valence-corrected chi connectivity index (χ2v) is 9.87. The van der Waals surface area contributed by atoms with Crippen molar-refractivity contribution in [3.8, 4) is 56.9 Å². The van der Waals surface area contributed by atoms with Gasteiger partial charge in [0.15, 0.2) is 0 Å². The Balaban J connectivity index is 1.38. The van der Waals surface area contributed by atoms with Crippen LogP contribution in [0.15, 0.2) is 122 Å². The molecule has 0 fully saturated rings. The predicted octanol–water partition coefficient (Wildman–Crippen LogP) is 7.98. The van der Waals surface area contributed by atoms with Gasteiger partial charge in [-0.1, -0.05) is 72.8 Å². The summed E-state index contributed by atoms with van der Waals surface area (Å²) in [6.45, 7) is 0. The summed E-state index contributed by atoms with van der Waals surface area (Å²) < 4.78 is 0. The van der Waals surface area contributed by atoms with Crippen molar-refractivity contribution in [1.82, 2.24) is 20.2 Å². The number of benzene rings is 4. The van der Waals surface area contributed by atoms with Crippen LogP contribution in [-0.4, -0.2) is 20.2 Å². The second kappa shape index (κ2) is 10.4. The van der Waals surface area contributed by atoms with Crippen LogP contribution in [-0.2, 0) is 0 Å². The summed E-state index contributed by atoms with van der Waals surface area (Å²) in [5, 5.41) is 32.1. The Hall–Kier alpha value is -6.24. The zero-order chi connectivity index (χ0) is 28.5. The van der Waals surface area contributed by atoms with E-state index in [1.54, 1.807) is 24.7 Å². The van der Waals surface area contributed by atoms with Crippen LogP contribution in [0.5, 0.6) is 0 Å². The van der Waals surface area contributed by atoms with Crippen LogP contribution in [0.4, 0.5) is 0 Å². The van der Waals surface area contributed by atoms with Gasteiger partial charge in [-0.25, -0.2) is 0 Å². The first-order valence-electron chi connectivity index (χ1n) is 13.3. The number of rotatable bonds is 4. The molecule has 3 heterocycles. The minimum atomic E-state index is 0.478. The molecule has 42 heavy (non-hydrogen) atoms. The van der Waals surface area contributed by atoms with E-state index in [-0.39, 0.29) is 0 Å². The van der Waals surface area contributed by atoms with E-state index in [1.165, 1.54) is 6.20 Å². The number of hydrogen-bond donors (Lipinski definition) is 0. The van der Waals surface area contributed by atoms with Crippen molar-refractivity contribution in [2.45, 2.75) is 0 Å². The average Bonchev–Trinajstić information content (AvgIpc) is 3.07. The fourth-order valence-electron chi connectivity index (χ4n) is 5.46. The van der Waals surface area contributed by atoms with Gasteiger partial charge in [0.25, 0.3) is 0 Å². The fraction of sp³-hybridized carbons (Fsp3) is 0. The first kappa shape index (κ1) is 24.8. The van der Waals surface area contributed by atoms with Crippen LogP contribution in [0.1, 0.15) is 11.1 Å². The molecule has 0 N–H and O–H groups in total. The van der Waals surface area contributed by atoms with Crippen LogP contribution in [0.3, 0.4) is 0 Å². The van der Waals surface area contributed by atoms with Gasteiger partial charge in [-0.05, 0) is 62.5 Å². The highest BCUT2D eigenvalue weighted by atomic mass is 15.1. The topological polar surface area (TPSA) is 99.1 Å². The van der Waals surface area contributed by atoms with Crippen molar-refractivity contribution >= 4 is 21.5 Å². The molecule has 0 aliphatic heterocycles. The molecule has 194 valence electrons. The van der Waals surface area contributed by atoms with E-state index in [1.807, 2.05) is 30.3 Å². The van der Waals surface area contributed by atoms with Crippen molar-refractivity contribution in [1.29, 1.82) is 10.5 Å². The Labute approximate surface area is 241 Å². The van der Waals surface area contributed by atoms with Crippen LogP contribution in [0.25, 0.3) is 66.3 Å². The lowest BCUT2D eigenvalue weighted by Gasteiger charge is -2.17. The number of nitrogens with zero attached hydrogens (tertiary/aromatic N) is 6. The van der Waals surface area contributed by atoms with E-state index in [0.717, 1.165) is 60.6 Å². The van der Waals surface area contributed by atoms with Gasteiger partial charge < -0.3 is 0 Å². The third-order valence-corrected chi connectivity index (χ3v) is 7.39. The highest BCUT2D eigenvalue weighted by molar-refractivity contribution is 6.21. The summed E-state index contributed by atoms with van der Waals surface area (Å²) in [4.78, 5) is 8.37. The van der Waals surface area contributed by atoms with Gasteiger partial charge >= 0.3 is 0 Å². The molecule has 7 aromatic rings. The Bertz CT molecular complexity index is 1990. The third-order valence-electron chi connectivity index (χ3n) is 7.39. The lowest BCUT2D eigenvalue weighted by Crippen LogP contribution is -1.95. The predicted molar refractivity (Wildman–Crippen MR) is 164 cm³/mol. The maximum atomic E-state index is 9.28. The van der Waals surface area contributed by atoms with Gasteiger partial charge in [0.1, 0.15) is 12.1 Å². The lowest BCUT2D eigenvalue weighted by molar-refractivity contribution is 1.04. The number of nitriles is 2. The number of aromatic nitrogens is 4. The van der Waals surface area contributed by atoms with Crippen molar-refractivity contribution in [3.63, 3.8) is 0 Å². The fourth-order valence-corrected chi connectivity index (χ4v) is 5.46. The van der Waals surface area contributed by atoms with Gasteiger partial charge in [-0.2, -0.15) is 10.5 Å². The summed E-state index contributed by atoms with van der Waals surface area (Å²) >= 11 is 0. The summed E-state index contributed by atoms with van der Waals surface area (Å²) in [7, 11) is 0. The molecule has 0 spiro atoms. The van der Waals surface area contributed by atoms with Crippen molar-refractivity contribution in [2.75, 3.05) is 0 Å². The highest BCUT2D eigenvalue weighted by Crippen LogP contribution is 2.43. The lowest BCUT2D eigenvalue weighted by atomic mass is 9.87. The van der Waals surface area contributed by atoms with Crippen molar-refractivity contribution in [3.05, 3.63) is 133 Å². The minimum Gasteiger partial charge on any atom is -0.263 e. The van der Waals surface area contributed by atoms with Crippen molar-refractivity contribution in [2.24, 2.45) is 0 Å². The Morgan fingerprint density at radius 2 is 0.905 bits per heavy atom. The summed E-state index contributed by atoms with van der Waals surface area (Å²) in [5.74, 6) is 0. The second-order valence-electron chi connectivity index (χ2n) is 9.87. The zero-order valence-electron chi connectivity index (χ0n) is 22.2. The molecule has 7 rings (SSSR count). The molecule has 3 aromatic heterocycles. The van der Waals surface area contributed by atoms with E-state index >= 15 is 0 Å². The molecule has 0 bridgehead atoms. The maximum Gasteiger partial charge on any atom is 0.101 e. The van der Waals surface area contributed by atoms with Gasteiger partial charge in [0.05, 0.1) is 22.5 Å². The molecule has 0 saturated carbocycles. The quantitative estimate of drug-likeness (QED) is 0.211. The molecule has 0 atom stereocenters. The van der Waals surface area contributed by atoms with Crippen LogP contribution >= 0.6 is 0 Å². The molecular formula is C36H20N6. The maximum absolute atomic E-state index is 9.28. The summed E-state index contributed by atoms with van der Waals surface area (Å²) in [5.41, 5.74) is 8.34. The van der Waals surface area contributed by atoms with Gasteiger partial charge in [0.2, 0.25) is 0 Å². The molecule has 0 aliphatic carbocycles. The molecule has 4 aromatic carbocycles. The minimum absolute atomic E-state index is 0.478. The SMILES string of the molecule is N#Cc1cncc(-c2ccc(-c3c4ccccc4c(-c4ccc(-c5cncc(C#N)c5)nn4)c4ccccc34)cc2)c1. The van der Waals surface area contributed by atoms with Gasteiger partial charge in [0, 0.05) is 41.5 Å². The molecule has 0 amide bonds. The Kier molecular flexibility index (Phi) is 6.13. The molecule has 0 aliphatic rings. The molecule has 6 nitrogen and oxygen atoms in total. The van der Waals surface area contributed by atoms with E-state index in [0.29, 0.717) is 16.8 Å². The number of hydrogen-bond acceptors (Lipinski definition) is 6. The molecule has 0 radical (unpaired) electrons. The van der Waals surface area contributed by atoms with Crippen molar-refractivity contribution < 1.29 is 0 Å². The van der Waals surface area contributed by atoms with Gasteiger partial charge in [-0.15, -0.1) is 10.2 Å². The molecule has 0 unspecified atom stereocenters. The number of pyridine rings is 2. The van der Waals surface area contributed by atoms with Gasteiger partial charge in [-0.3, -0.25) is 9.97 Å². The summed E-state index contributed by atoms with van der Waals surface area (Å²) in [6.07, 6.45) is 6.56. The van der Waals surface area contributed by atoms with E-state index in [9.17, 15) is 10.5 Å². The third kappa shape index (κ3) is 4.30. The molecule has 0 saturated heterocycles. The Morgan fingerprint density at radius 3 is 1.45 bits per heavy atom. The van der Waals surface area contributed by atoms with Crippen LogP contribution < -0.4 is 0 Å². The van der Waals surface area contributed by atoms with E-state index in [4.69, 9.17) is 0 Å². The highest BCUT2D eigenvalue weighted by Gasteiger charge is 2.18. The van der Waals surface area contributed by atoms with Crippen LogP contribution in [0, 0.1) is 22.7 Å². The Morgan fingerprint density at radius 1 is 0.429 bits per heavy atom.